The van der Waals surface area contributed by atoms with Gasteiger partial charge in [0.1, 0.15) is 0 Å². The van der Waals surface area contributed by atoms with E-state index < -0.39 is 0 Å². The number of benzene rings is 1. The summed E-state index contributed by atoms with van der Waals surface area (Å²) in [6, 6.07) is 5.61. The monoisotopic (exact) mass is 324 g/mol. The van der Waals surface area contributed by atoms with Crippen LogP contribution in [0.2, 0.25) is 0 Å². The Morgan fingerprint density at radius 2 is 1.71 bits per heavy atom. The molecule has 1 aromatic rings. The standard InChI is InChI=1S/C19H20N2O3/c1-12-9-13(2)11-15(10-12)20-19(24)14-3-5-16(6-4-14)21-17(22)7-8-18(21)23/h3-5,9-11,16H,6-8H2,1-2H3,(H,20,24)/t16-/m1/s1. The Bertz CT molecular complexity index is 741. The number of amides is 3. The van der Waals surface area contributed by atoms with Gasteiger partial charge in [0.15, 0.2) is 0 Å². The van der Waals surface area contributed by atoms with Crippen molar-refractivity contribution >= 4 is 23.4 Å². The van der Waals surface area contributed by atoms with E-state index in [0.29, 0.717) is 12.0 Å². The lowest BCUT2D eigenvalue weighted by Gasteiger charge is -2.24. The third-order valence-electron chi connectivity index (χ3n) is 4.24. The van der Waals surface area contributed by atoms with E-state index in [4.69, 9.17) is 0 Å². The van der Waals surface area contributed by atoms with E-state index in [1.165, 1.54) is 4.90 Å². The third kappa shape index (κ3) is 3.30. The van der Waals surface area contributed by atoms with Crippen LogP contribution in [0.25, 0.3) is 0 Å². The average Bonchev–Trinajstić information content (AvgIpc) is 2.85. The van der Waals surface area contributed by atoms with Gasteiger partial charge >= 0.3 is 0 Å². The van der Waals surface area contributed by atoms with Crippen LogP contribution >= 0.6 is 0 Å². The van der Waals surface area contributed by atoms with Crippen LogP contribution in [0.5, 0.6) is 0 Å². The van der Waals surface area contributed by atoms with Gasteiger partial charge < -0.3 is 5.32 Å². The number of likely N-dealkylation sites (tertiary alicyclic amines) is 1. The van der Waals surface area contributed by atoms with E-state index in [1.54, 1.807) is 18.2 Å². The summed E-state index contributed by atoms with van der Waals surface area (Å²) >= 11 is 0. The first-order valence-electron chi connectivity index (χ1n) is 8.07. The quantitative estimate of drug-likeness (QED) is 0.869. The van der Waals surface area contributed by atoms with Crippen LogP contribution in [0.1, 0.15) is 30.4 Å². The molecule has 1 N–H and O–H groups in total. The average molecular weight is 324 g/mol. The Morgan fingerprint density at radius 1 is 1.08 bits per heavy atom. The molecule has 1 aliphatic heterocycles. The zero-order chi connectivity index (χ0) is 17.3. The minimum atomic E-state index is -0.273. The van der Waals surface area contributed by atoms with Crippen LogP contribution in [0.15, 0.2) is 42.0 Å². The van der Waals surface area contributed by atoms with Crippen molar-refractivity contribution in [2.75, 3.05) is 5.32 Å². The summed E-state index contributed by atoms with van der Waals surface area (Å²) in [6.45, 7) is 3.97. The molecule has 24 heavy (non-hydrogen) atoms. The molecule has 1 saturated heterocycles. The molecule has 5 nitrogen and oxygen atoms in total. The molecule has 124 valence electrons. The van der Waals surface area contributed by atoms with Crippen molar-refractivity contribution in [1.29, 1.82) is 0 Å². The Hall–Kier alpha value is -2.69. The molecule has 1 aromatic carbocycles. The van der Waals surface area contributed by atoms with Crippen LogP contribution < -0.4 is 5.32 Å². The Balaban J connectivity index is 1.67. The van der Waals surface area contributed by atoms with Gasteiger partial charge in [-0.2, -0.15) is 0 Å². The number of carbonyl (C=O) groups excluding carboxylic acids is 3. The van der Waals surface area contributed by atoms with E-state index >= 15 is 0 Å². The molecular formula is C19H20N2O3. The van der Waals surface area contributed by atoms with Gasteiger partial charge in [-0.05, 0) is 43.5 Å². The maximum absolute atomic E-state index is 12.4. The lowest BCUT2D eigenvalue weighted by atomic mass is 10.0. The highest BCUT2D eigenvalue weighted by molar-refractivity contribution is 6.06. The van der Waals surface area contributed by atoms with E-state index in [0.717, 1.165) is 16.8 Å². The predicted octanol–water partition coefficient (Wildman–Crippen LogP) is 2.65. The molecule has 3 rings (SSSR count). The highest BCUT2D eigenvalue weighted by atomic mass is 16.2. The van der Waals surface area contributed by atoms with Gasteiger partial charge in [0.05, 0.1) is 6.04 Å². The second-order valence-corrected chi connectivity index (χ2v) is 6.31. The first-order valence-corrected chi connectivity index (χ1v) is 8.07. The second-order valence-electron chi connectivity index (χ2n) is 6.31. The van der Waals surface area contributed by atoms with Gasteiger partial charge in [0, 0.05) is 24.1 Å². The van der Waals surface area contributed by atoms with Crippen molar-refractivity contribution in [2.24, 2.45) is 0 Å². The van der Waals surface area contributed by atoms with Gasteiger partial charge in [-0.15, -0.1) is 0 Å². The van der Waals surface area contributed by atoms with Crippen LogP contribution in [0.4, 0.5) is 5.69 Å². The minimum Gasteiger partial charge on any atom is -0.322 e. The van der Waals surface area contributed by atoms with Crippen molar-refractivity contribution in [3.8, 4) is 0 Å². The number of hydrogen-bond donors (Lipinski definition) is 1. The summed E-state index contributed by atoms with van der Waals surface area (Å²) < 4.78 is 0. The number of hydrogen-bond acceptors (Lipinski definition) is 3. The summed E-state index contributed by atoms with van der Waals surface area (Å²) in [5.74, 6) is -0.453. The Kier molecular flexibility index (Phi) is 4.34. The molecule has 5 heteroatoms. The molecule has 0 aromatic heterocycles. The molecule has 0 spiro atoms. The zero-order valence-electron chi connectivity index (χ0n) is 13.8. The fraction of sp³-hybridized carbons (Fsp3) is 0.316. The largest absolute Gasteiger partial charge is 0.322 e. The van der Waals surface area contributed by atoms with Gasteiger partial charge in [0.25, 0.3) is 5.91 Å². The van der Waals surface area contributed by atoms with E-state index in [1.807, 2.05) is 32.0 Å². The van der Waals surface area contributed by atoms with Crippen molar-refractivity contribution in [1.82, 2.24) is 4.90 Å². The van der Waals surface area contributed by atoms with Gasteiger partial charge in [-0.25, -0.2) is 0 Å². The molecule has 0 radical (unpaired) electrons. The van der Waals surface area contributed by atoms with Crippen molar-refractivity contribution < 1.29 is 14.4 Å². The first kappa shape index (κ1) is 16.2. The van der Waals surface area contributed by atoms with Crippen molar-refractivity contribution in [2.45, 2.75) is 39.2 Å². The number of nitrogens with zero attached hydrogens (tertiary/aromatic N) is 1. The molecule has 1 aliphatic carbocycles. The van der Waals surface area contributed by atoms with Gasteiger partial charge in [0.2, 0.25) is 11.8 Å². The van der Waals surface area contributed by atoms with Crippen molar-refractivity contribution in [3.63, 3.8) is 0 Å². The summed E-state index contributed by atoms with van der Waals surface area (Å²) in [7, 11) is 0. The van der Waals surface area contributed by atoms with E-state index in [9.17, 15) is 14.4 Å². The molecule has 1 heterocycles. The smallest absolute Gasteiger partial charge is 0.255 e. The number of rotatable bonds is 3. The molecule has 0 unspecified atom stereocenters. The predicted molar refractivity (Wildman–Crippen MR) is 91.3 cm³/mol. The first-order chi connectivity index (χ1) is 11.4. The topological polar surface area (TPSA) is 66.5 Å². The van der Waals surface area contributed by atoms with Crippen LogP contribution in [-0.2, 0) is 14.4 Å². The van der Waals surface area contributed by atoms with Gasteiger partial charge in [-0.1, -0.05) is 24.3 Å². The zero-order valence-corrected chi connectivity index (χ0v) is 13.8. The Morgan fingerprint density at radius 3 is 2.25 bits per heavy atom. The fourth-order valence-electron chi connectivity index (χ4n) is 3.18. The van der Waals surface area contributed by atoms with Crippen LogP contribution in [-0.4, -0.2) is 28.7 Å². The Labute approximate surface area is 141 Å². The highest BCUT2D eigenvalue weighted by Crippen LogP contribution is 2.23. The van der Waals surface area contributed by atoms with Crippen LogP contribution in [0, 0.1) is 13.8 Å². The number of aryl methyl sites for hydroxylation is 2. The number of carbonyl (C=O) groups is 3. The molecule has 2 aliphatic rings. The summed E-state index contributed by atoms with van der Waals surface area (Å²) in [5, 5.41) is 2.89. The number of anilines is 1. The lowest BCUT2D eigenvalue weighted by Crippen LogP contribution is -2.38. The fourth-order valence-corrected chi connectivity index (χ4v) is 3.18. The normalized spacial score (nSPS) is 20.3. The summed E-state index contributed by atoms with van der Waals surface area (Å²) in [4.78, 5) is 37.2. The third-order valence-corrected chi connectivity index (χ3v) is 4.24. The van der Waals surface area contributed by atoms with E-state index in [-0.39, 0.29) is 36.6 Å². The SMILES string of the molecule is Cc1cc(C)cc(NC(=O)C2=CC[C@H](N3C(=O)CCC3=O)C=C2)c1. The minimum absolute atomic E-state index is 0.133. The van der Waals surface area contributed by atoms with Gasteiger partial charge in [-0.3, -0.25) is 19.3 Å². The van der Waals surface area contributed by atoms with Crippen LogP contribution in [0.3, 0.4) is 0 Å². The number of nitrogens with one attached hydrogen (secondary N) is 1. The second kappa shape index (κ2) is 6.43. The molecule has 1 atom stereocenters. The van der Waals surface area contributed by atoms with E-state index in [2.05, 4.69) is 5.32 Å². The molecule has 0 saturated carbocycles. The van der Waals surface area contributed by atoms with Crippen molar-refractivity contribution in [3.05, 3.63) is 53.1 Å². The molecule has 0 bridgehead atoms. The highest BCUT2D eigenvalue weighted by Gasteiger charge is 2.34. The summed E-state index contributed by atoms with van der Waals surface area (Å²) in [5.41, 5.74) is 3.48. The maximum Gasteiger partial charge on any atom is 0.255 e. The number of imide groups is 1. The summed E-state index contributed by atoms with van der Waals surface area (Å²) in [6.07, 6.45) is 6.27. The maximum atomic E-state index is 12.4. The lowest BCUT2D eigenvalue weighted by molar-refractivity contribution is -0.139. The molecular weight excluding hydrogens is 304 g/mol. The molecule has 3 amide bonds. The molecule has 1 fully saturated rings.